The van der Waals surface area contributed by atoms with E-state index in [1.807, 2.05) is 4.90 Å². The number of rotatable bonds is 5. The van der Waals surface area contributed by atoms with Crippen LogP contribution in [0.25, 0.3) is 0 Å². The molecule has 0 spiro atoms. The monoisotopic (exact) mass is 291 g/mol. The minimum absolute atomic E-state index is 0.174. The van der Waals surface area contributed by atoms with Gasteiger partial charge in [-0.1, -0.05) is 12.8 Å². The number of aliphatic hydroxyl groups is 1. The van der Waals surface area contributed by atoms with Crippen molar-refractivity contribution >= 4 is 5.91 Å². The van der Waals surface area contributed by atoms with Crippen molar-refractivity contribution in [2.75, 3.05) is 6.54 Å². The third-order valence-corrected chi connectivity index (χ3v) is 4.02. The Hall–Kier alpha value is -1.49. The molecule has 0 aliphatic carbocycles. The summed E-state index contributed by atoms with van der Waals surface area (Å²) in [7, 11) is 0. The van der Waals surface area contributed by atoms with Gasteiger partial charge in [-0.3, -0.25) is 14.8 Å². The Kier molecular flexibility index (Phi) is 6.11. The molecule has 5 nitrogen and oxygen atoms in total. The first-order valence-electron chi connectivity index (χ1n) is 7.89. The molecule has 2 atom stereocenters. The number of carbonyl (C=O) groups is 1. The van der Waals surface area contributed by atoms with E-state index in [2.05, 4.69) is 9.97 Å². The van der Waals surface area contributed by atoms with Crippen molar-refractivity contribution in [3.8, 4) is 0 Å². The van der Waals surface area contributed by atoms with Gasteiger partial charge >= 0.3 is 0 Å². The number of hydrogen-bond acceptors (Lipinski definition) is 4. The van der Waals surface area contributed by atoms with Crippen LogP contribution in [0.2, 0.25) is 0 Å². The summed E-state index contributed by atoms with van der Waals surface area (Å²) in [6.45, 7) is 2.61. The second-order valence-electron chi connectivity index (χ2n) is 5.87. The number of aliphatic hydroxyl groups excluding tert-OH is 1. The second-order valence-corrected chi connectivity index (χ2v) is 5.87. The zero-order valence-electron chi connectivity index (χ0n) is 12.7. The largest absolute Gasteiger partial charge is 0.393 e. The molecule has 1 amide bonds. The van der Waals surface area contributed by atoms with Crippen LogP contribution < -0.4 is 0 Å². The van der Waals surface area contributed by atoms with Gasteiger partial charge in [0, 0.05) is 37.6 Å². The molecule has 1 saturated heterocycles. The van der Waals surface area contributed by atoms with Crippen molar-refractivity contribution in [2.45, 2.75) is 64.0 Å². The van der Waals surface area contributed by atoms with E-state index < -0.39 is 0 Å². The smallest absolute Gasteiger partial charge is 0.223 e. The number of likely N-dealkylation sites (tertiary alicyclic amines) is 1. The summed E-state index contributed by atoms with van der Waals surface area (Å²) < 4.78 is 0. The van der Waals surface area contributed by atoms with E-state index in [4.69, 9.17) is 0 Å². The quantitative estimate of drug-likeness (QED) is 0.900. The van der Waals surface area contributed by atoms with Crippen LogP contribution in [0.5, 0.6) is 0 Å². The fourth-order valence-electron chi connectivity index (χ4n) is 2.98. The lowest BCUT2D eigenvalue weighted by Crippen LogP contribution is -2.41. The van der Waals surface area contributed by atoms with Gasteiger partial charge in [0.25, 0.3) is 0 Å². The van der Waals surface area contributed by atoms with Crippen molar-refractivity contribution in [3.05, 3.63) is 24.3 Å². The van der Waals surface area contributed by atoms with Crippen molar-refractivity contribution in [1.29, 1.82) is 0 Å². The van der Waals surface area contributed by atoms with Crippen LogP contribution in [0, 0.1) is 0 Å². The molecule has 0 bridgehead atoms. The van der Waals surface area contributed by atoms with E-state index in [1.54, 1.807) is 25.5 Å². The molecule has 1 N–H and O–H groups in total. The van der Waals surface area contributed by atoms with Crippen LogP contribution in [0.3, 0.4) is 0 Å². The average Bonchev–Trinajstić information content (AvgIpc) is 2.71. The molecular weight excluding hydrogens is 266 g/mol. The number of aromatic nitrogens is 2. The summed E-state index contributed by atoms with van der Waals surface area (Å²) >= 11 is 0. The minimum atomic E-state index is -0.358. The molecule has 1 aromatic rings. The molecule has 2 rings (SSSR count). The number of hydrogen-bond donors (Lipinski definition) is 1. The van der Waals surface area contributed by atoms with Crippen LogP contribution >= 0.6 is 0 Å². The summed E-state index contributed by atoms with van der Waals surface area (Å²) in [5, 5.41) is 9.65. The zero-order valence-corrected chi connectivity index (χ0v) is 12.7. The van der Waals surface area contributed by atoms with Crippen LogP contribution in [-0.2, 0) is 11.2 Å². The molecule has 0 radical (unpaired) electrons. The molecule has 0 aromatic carbocycles. The van der Waals surface area contributed by atoms with Crippen LogP contribution in [-0.4, -0.2) is 44.6 Å². The van der Waals surface area contributed by atoms with Crippen molar-refractivity contribution < 1.29 is 9.90 Å². The first-order valence-corrected chi connectivity index (χ1v) is 7.89. The predicted octanol–water partition coefficient (Wildman–Crippen LogP) is 1.95. The van der Waals surface area contributed by atoms with Crippen LogP contribution in [0.1, 0.15) is 51.1 Å². The molecule has 5 heteroatoms. The molecule has 2 heterocycles. The number of aryl methyl sites for hydroxylation is 1. The SMILES string of the molecule is CC(O)CC1CCCCCN1C(=O)CCc1cnccn1. The maximum Gasteiger partial charge on any atom is 0.223 e. The molecule has 1 fully saturated rings. The maximum absolute atomic E-state index is 12.5. The summed E-state index contributed by atoms with van der Waals surface area (Å²) in [5.74, 6) is 0.174. The highest BCUT2D eigenvalue weighted by atomic mass is 16.3. The Balaban J connectivity index is 1.93. The number of carbonyl (C=O) groups excluding carboxylic acids is 1. The van der Waals surface area contributed by atoms with Gasteiger partial charge in [0.2, 0.25) is 5.91 Å². The topological polar surface area (TPSA) is 66.3 Å². The van der Waals surface area contributed by atoms with Gasteiger partial charge < -0.3 is 10.0 Å². The molecule has 116 valence electrons. The van der Waals surface area contributed by atoms with Gasteiger partial charge in [-0.2, -0.15) is 0 Å². The van der Waals surface area contributed by atoms with E-state index in [-0.39, 0.29) is 18.1 Å². The highest BCUT2D eigenvalue weighted by molar-refractivity contribution is 5.76. The molecule has 1 aromatic heterocycles. The lowest BCUT2D eigenvalue weighted by atomic mass is 10.0. The third-order valence-electron chi connectivity index (χ3n) is 4.02. The second kappa shape index (κ2) is 8.08. The van der Waals surface area contributed by atoms with E-state index in [0.717, 1.165) is 31.5 Å². The summed E-state index contributed by atoms with van der Waals surface area (Å²) in [6, 6.07) is 0.182. The molecule has 21 heavy (non-hydrogen) atoms. The van der Waals surface area contributed by atoms with Gasteiger partial charge in [0.1, 0.15) is 0 Å². The Labute approximate surface area is 126 Å². The molecule has 0 saturated carbocycles. The maximum atomic E-state index is 12.5. The van der Waals surface area contributed by atoms with Crippen LogP contribution in [0.4, 0.5) is 0 Å². The van der Waals surface area contributed by atoms with E-state index in [1.165, 1.54) is 6.42 Å². The van der Waals surface area contributed by atoms with Crippen molar-refractivity contribution in [2.24, 2.45) is 0 Å². The first kappa shape index (κ1) is 15.9. The zero-order chi connectivity index (χ0) is 15.1. The lowest BCUT2D eigenvalue weighted by Gasteiger charge is -2.31. The average molecular weight is 291 g/mol. The molecular formula is C16H25N3O2. The van der Waals surface area contributed by atoms with Gasteiger partial charge in [-0.25, -0.2) is 0 Å². The Bertz CT molecular complexity index is 436. The fourth-order valence-corrected chi connectivity index (χ4v) is 2.98. The Morgan fingerprint density at radius 1 is 1.43 bits per heavy atom. The van der Waals surface area contributed by atoms with E-state index in [0.29, 0.717) is 19.3 Å². The van der Waals surface area contributed by atoms with Gasteiger partial charge in [0.05, 0.1) is 11.8 Å². The predicted molar refractivity (Wildman–Crippen MR) is 80.6 cm³/mol. The van der Waals surface area contributed by atoms with Gasteiger partial charge in [-0.05, 0) is 32.6 Å². The summed E-state index contributed by atoms with van der Waals surface area (Å²) in [4.78, 5) is 22.7. The van der Waals surface area contributed by atoms with E-state index in [9.17, 15) is 9.90 Å². The first-order chi connectivity index (χ1) is 10.2. The molecule has 1 aliphatic heterocycles. The Morgan fingerprint density at radius 2 is 2.29 bits per heavy atom. The highest BCUT2D eigenvalue weighted by Gasteiger charge is 2.26. The van der Waals surface area contributed by atoms with Gasteiger partial charge in [0.15, 0.2) is 0 Å². The highest BCUT2D eigenvalue weighted by Crippen LogP contribution is 2.21. The molecule has 1 aliphatic rings. The summed E-state index contributed by atoms with van der Waals surface area (Å²) in [5.41, 5.74) is 0.854. The minimum Gasteiger partial charge on any atom is -0.393 e. The van der Waals surface area contributed by atoms with Gasteiger partial charge in [-0.15, -0.1) is 0 Å². The normalized spacial score (nSPS) is 20.9. The number of amides is 1. The fraction of sp³-hybridized carbons (Fsp3) is 0.688. The standard InChI is InChI=1S/C16H25N3O2/c1-13(20)11-15-5-3-2-4-10-19(15)16(21)7-6-14-12-17-8-9-18-14/h8-9,12-13,15,20H,2-7,10-11H2,1H3. The lowest BCUT2D eigenvalue weighted by molar-refractivity contribution is -0.134. The third kappa shape index (κ3) is 5.08. The van der Waals surface area contributed by atoms with Crippen molar-refractivity contribution in [1.82, 2.24) is 14.9 Å². The van der Waals surface area contributed by atoms with Crippen molar-refractivity contribution in [3.63, 3.8) is 0 Å². The molecule has 2 unspecified atom stereocenters. The van der Waals surface area contributed by atoms with E-state index >= 15 is 0 Å². The summed E-state index contributed by atoms with van der Waals surface area (Å²) in [6.07, 6.45) is 10.8. The van der Waals surface area contributed by atoms with Crippen LogP contribution in [0.15, 0.2) is 18.6 Å². The Morgan fingerprint density at radius 3 is 3.00 bits per heavy atom. The number of nitrogens with zero attached hydrogens (tertiary/aromatic N) is 3.